The van der Waals surface area contributed by atoms with E-state index in [2.05, 4.69) is 62.7 Å². The van der Waals surface area contributed by atoms with Gasteiger partial charge < -0.3 is 10.0 Å². The van der Waals surface area contributed by atoms with Gasteiger partial charge in [0.2, 0.25) is 5.88 Å². The van der Waals surface area contributed by atoms with Crippen LogP contribution in [0.25, 0.3) is 0 Å². The van der Waals surface area contributed by atoms with Crippen molar-refractivity contribution in [2.45, 2.75) is 183 Å². The summed E-state index contributed by atoms with van der Waals surface area (Å²) in [5, 5.41) is 30.5. The molecule has 0 aliphatic rings. The Bertz CT molecular complexity index is 1440. The average molecular weight is 732 g/mol. The number of nitriles is 1. The number of hydrogen-bond acceptors (Lipinski definition) is 6. The molecule has 8 heteroatoms. The van der Waals surface area contributed by atoms with Crippen LogP contribution in [0.2, 0.25) is 0 Å². The molecule has 0 radical (unpaired) electrons. The highest BCUT2D eigenvalue weighted by molar-refractivity contribution is 5.95. The fourth-order valence-electron chi connectivity index (χ4n) is 7.24. The van der Waals surface area contributed by atoms with Crippen molar-refractivity contribution < 1.29 is 9.90 Å². The third-order valence-corrected chi connectivity index (χ3v) is 10.8. The Morgan fingerprint density at radius 2 is 1.32 bits per heavy atom. The van der Waals surface area contributed by atoms with E-state index < -0.39 is 5.56 Å². The summed E-state index contributed by atoms with van der Waals surface area (Å²) in [4.78, 5) is 30.3. The van der Waals surface area contributed by atoms with Gasteiger partial charge in [0.05, 0.1) is 5.69 Å². The molecule has 8 nitrogen and oxygen atoms in total. The van der Waals surface area contributed by atoms with E-state index in [4.69, 9.17) is 0 Å². The quantitative estimate of drug-likeness (QED) is 0.0663. The predicted molar refractivity (Wildman–Crippen MR) is 221 cm³/mol. The minimum atomic E-state index is -0.423. The summed E-state index contributed by atoms with van der Waals surface area (Å²) in [6, 6.07) is 9.43. The molecular formula is C45H73N5O3. The lowest BCUT2D eigenvalue weighted by Crippen LogP contribution is -2.39. The Labute approximate surface area is 322 Å². The zero-order valence-electron chi connectivity index (χ0n) is 34.4. The highest BCUT2D eigenvalue weighted by Gasteiger charge is 2.24. The van der Waals surface area contributed by atoms with Crippen LogP contribution in [0.15, 0.2) is 39.3 Å². The molecular weight excluding hydrogens is 659 g/mol. The highest BCUT2D eigenvalue weighted by Crippen LogP contribution is 2.31. The number of azo groups is 1. The van der Waals surface area contributed by atoms with Gasteiger partial charge in [0, 0.05) is 30.8 Å². The van der Waals surface area contributed by atoms with Gasteiger partial charge in [-0.3, -0.25) is 14.2 Å². The molecule has 2 atom stereocenters. The van der Waals surface area contributed by atoms with Gasteiger partial charge in [-0.2, -0.15) is 10.4 Å². The van der Waals surface area contributed by atoms with E-state index in [0.717, 1.165) is 129 Å². The van der Waals surface area contributed by atoms with Gasteiger partial charge in [-0.25, -0.2) is 0 Å². The summed E-state index contributed by atoms with van der Waals surface area (Å²) in [6.45, 7) is 15.1. The van der Waals surface area contributed by atoms with Gasteiger partial charge in [0.25, 0.3) is 11.5 Å². The predicted octanol–water partition coefficient (Wildman–Crippen LogP) is 13.0. The lowest BCUT2D eigenvalue weighted by Gasteiger charge is -2.31. The first-order chi connectivity index (χ1) is 25.8. The van der Waals surface area contributed by atoms with Crippen LogP contribution >= 0.6 is 0 Å². The first kappa shape index (κ1) is 45.7. The molecule has 1 N–H and O–H groups in total. The summed E-state index contributed by atoms with van der Waals surface area (Å²) < 4.78 is 1.31. The van der Waals surface area contributed by atoms with Gasteiger partial charge in [-0.05, 0) is 62.1 Å². The van der Waals surface area contributed by atoms with Crippen LogP contribution in [0.5, 0.6) is 5.88 Å². The fraction of sp³-hybridized carbons (Fsp3) is 0.711. The molecule has 0 aliphatic heterocycles. The average Bonchev–Trinajstić information content (AvgIpc) is 3.17. The maximum atomic E-state index is 14.2. The maximum Gasteiger partial charge on any atom is 0.281 e. The monoisotopic (exact) mass is 732 g/mol. The van der Waals surface area contributed by atoms with E-state index in [-0.39, 0.29) is 23.0 Å². The van der Waals surface area contributed by atoms with Crippen LogP contribution in [0, 0.1) is 23.2 Å². The van der Waals surface area contributed by atoms with E-state index >= 15 is 0 Å². The Morgan fingerprint density at radius 3 is 1.87 bits per heavy atom. The summed E-state index contributed by atoms with van der Waals surface area (Å²) in [5.74, 6) is 0.649. The minimum Gasteiger partial charge on any atom is -0.493 e. The van der Waals surface area contributed by atoms with Crippen molar-refractivity contribution >= 4 is 17.3 Å². The van der Waals surface area contributed by atoms with E-state index in [1.807, 2.05) is 12.1 Å². The second kappa shape index (κ2) is 27.2. The molecule has 0 saturated heterocycles. The van der Waals surface area contributed by atoms with Crippen LogP contribution in [0.1, 0.15) is 191 Å². The third kappa shape index (κ3) is 15.8. The van der Waals surface area contributed by atoms with Crippen molar-refractivity contribution in [3.63, 3.8) is 0 Å². The van der Waals surface area contributed by atoms with Crippen LogP contribution in [0.4, 0.5) is 11.4 Å². The second-order valence-electron chi connectivity index (χ2n) is 15.2. The van der Waals surface area contributed by atoms with Crippen LogP contribution in [-0.2, 0) is 13.0 Å². The lowest BCUT2D eigenvalue weighted by atomic mass is 9.95. The number of carbonyl (C=O) groups excluding carboxylic acids is 1. The van der Waals surface area contributed by atoms with E-state index in [1.165, 1.54) is 17.4 Å². The molecule has 0 saturated carbocycles. The molecule has 2 aromatic rings. The second-order valence-corrected chi connectivity index (χ2v) is 15.2. The fourth-order valence-corrected chi connectivity index (χ4v) is 7.24. The number of carbonyl (C=O) groups is 1. The number of aromatic hydroxyl groups is 1. The number of aromatic nitrogens is 1. The molecule has 0 bridgehead atoms. The molecule has 1 amide bonds. The normalized spacial score (nSPS) is 12.6. The molecule has 1 aromatic carbocycles. The molecule has 53 heavy (non-hydrogen) atoms. The van der Waals surface area contributed by atoms with Crippen molar-refractivity contribution in [2.75, 3.05) is 13.1 Å². The Hall–Kier alpha value is -3.47. The van der Waals surface area contributed by atoms with Crippen molar-refractivity contribution in [3.05, 3.63) is 51.3 Å². The molecule has 1 aromatic heterocycles. The van der Waals surface area contributed by atoms with Crippen molar-refractivity contribution in [2.24, 2.45) is 22.1 Å². The maximum absolute atomic E-state index is 14.2. The number of rotatable bonds is 29. The van der Waals surface area contributed by atoms with Crippen molar-refractivity contribution in [1.82, 2.24) is 9.47 Å². The van der Waals surface area contributed by atoms with E-state index in [0.29, 0.717) is 41.6 Å². The molecule has 0 fully saturated rings. The van der Waals surface area contributed by atoms with Crippen LogP contribution in [0.3, 0.4) is 0 Å². The summed E-state index contributed by atoms with van der Waals surface area (Å²) in [7, 11) is 0. The van der Waals surface area contributed by atoms with Gasteiger partial charge in [0.15, 0.2) is 5.69 Å². The van der Waals surface area contributed by atoms with Crippen molar-refractivity contribution in [1.29, 1.82) is 5.26 Å². The van der Waals surface area contributed by atoms with Crippen LogP contribution < -0.4 is 5.56 Å². The van der Waals surface area contributed by atoms with Gasteiger partial charge in [0.1, 0.15) is 11.6 Å². The van der Waals surface area contributed by atoms with E-state index in [1.54, 1.807) is 12.1 Å². The minimum absolute atomic E-state index is 0.00778. The molecule has 0 aliphatic carbocycles. The highest BCUT2D eigenvalue weighted by atomic mass is 16.3. The topological polar surface area (TPSA) is 111 Å². The van der Waals surface area contributed by atoms with E-state index in [9.17, 15) is 20.0 Å². The first-order valence-corrected chi connectivity index (χ1v) is 21.5. The SMILES string of the molecule is CCCCCCCCc1c(C#N)c(O)n(CCCCCCCC)c(=O)c1N=Nc1cccc(C(=O)N(CC(CC)CCCC)CC(CC)CCCC)c1. The molecule has 1 heterocycles. The molecule has 0 spiro atoms. The molecule has 296 valence electrons. The van der Waals surface area contributed by atoms with Gasteiger partial charge in [-0.15, -0.1) is 5.11 Å². The number of amides is 1. The lowest BCUT2D eigenvalue weighted by molar-refractivity contribution is 0.0685. The standard InChI is InChI=1S/C45H73N5O3/c1-7-13-17-19-21-23-30-40-41(33-46)44(52)50(31-24-22-20-18-14-8-2)45(53)42(40)48-47-39-29-25-28-38(32-39)43(51)49(34-36(11-5)26-15-9-3)35-37(12-6)27-16-10-4/h25,28-29,32,36-37,52H,7-24,26-27,30-31,34-35H2,1-6H3. The molecule has 2 rings (SSSR count). The van der Waals surface area contributed by atoms with Gasteiger partial charge in [-0.1, -0.05) is 150 Å². The summed E-state index contributed by atoms with van der Waals surface area (Å²) in [5.41, 5.74) is 1.30. The number of hydrogen-bond donors (Lipinski definition) is 1. The molecule has 2 unspecified atom stereocenters. The first-order valence-electron chi connectivity index (χ1n) is 21.5. The third-order valence-electron chi connectivity index (χ3n) is 10.8. The Kier molecular flexibility index (Phi) is 23.4. The number of unbranched alkanes of at least 4 members (excludes halogenated alkanes) is 12. The van der Waals surface area contributed by atoms with Crippen LogP contribution in [-0.4, -0.2) is 33.6 Å². The summed E-state index contributed by atoms with van der Waals surface area (Å²) in [6.07, 6.45) is 22.0. The zero-order chi connectivity index (χ0) is 38.8. The van der Waals surface area contributed by atoms with Gasteiger partial charge >= 0.3 is 0 Å². The van der Waals surface area contributed by atoms with Crippen molar-refractivity contribution in [3.8, 4) is 11.9 Å². The Morgan fingerprint density at radius 1 is 0.774 bits per heavy atom. The number of benzene rings is 1. The number of pyridine rings is 1. The Balaban J connectivity index is 2.49. The number of nitrogens with zero attached hydrogens (tertiary/aromatic N) is 5. The largest absolute Gasteiger partial charge is 0.493 e. The summed E-state index contributed by atoms with van der Waals surface area (Å²) >= 11 is 0. The zero-order valence-corrected chi connectivity index (χ0v) is 34.4. The smallest absolute Gasteiger partial charge is 0.281 e.